The van der Waals surface area contributed by atoms with Gasteiger partial charge in [-0.25, -0.2) is 0 Å². The zero-order valence-corrected chi connectivity index (χ0v) is 12.6. The van der Waals surface area contributed by atoms with Crippen molar-refractivity contribution in [1.29, 1.82) is 0 Å². The lowest BCUT2D eigenvalue weighted by Crippen LogP contribution is -2.41. The van der Waals surface area contributed by atoms with Crippen molar-refractivity contribution >= 4 is 0 Å². The second-order valence-corrected chi connectivity index (χ2v) is 5.93. The monoisotopic (exact) mass is 274 g/mol. The van der Waals surface area contributed by atoms with Gasteiger partial charge in [0, 0.05) is 30.4 Å². The third-order valence-electron chi connectivity index (χ3n) is 3.28. The Morgan fingerprint density at radius 2 is 1.95 bits per heavy atom. The van der Waals surface area contributed by atoms with E-state index in [9.17, 15) is 0 Å². The molecule has 0 fully saturated rings. The topological polar surface area (TPSA) is 63.8 Å². The van der Waals surface area contributed by atoms with Gasteiger partial charge in [-0.3, -0.25) is 4.98 Å². The highest BCUT2D eigenvalue weighted by Gasteiger charge is 2.26. The number of likely N-dealkylation sites (N-methyl/N-ethyl adjacent to an activating group) is 1. The van der Waals surface area contributed by atoms with Crippen LogP contribution in [0.1, 0.15) is 33.6 Å². The third-order valence-corrected chi connectivity index (χ3v) is 3.28. The molecule has 1 N–H and O–H groups in total. The van der Waals surface area contributed by atoms with Crippen LogP contribution in [0.3, 0.4) is 0 Å². The van der Waals surface area contributed by atoms with Crippen LogP contribution in [0.25, 0.3) is 11.4 Å². The Kier molecular flexibility index (Phi) is 4.49. The molecule has 5 heteroatoms. The van der Waals surface area contributed by atoms with Gasteiger partial charge in [0.05, 0.1) is 0 Å². The molecule has 2 heterocycles. The first-order valence-electron chi connectivity index (χ1n) is 6.97. The molecule has 0 aliphatic rings. The van der Waals surface area contributed by atoms with Crippen LogP contribution >= 0.6 is 0 Å². The van der Waals surface area contributed by atoms with Gasteiger partial charge in [0.15, 0.2) is 0 Å². The molecule has 2 aromatic heterocycles. The fraction of sp³-hybridized carbons (Fsp3) is 0.533. The normalized spacial score (nSPS) is 13.4. The summed E-state index contributed by atoms with van der Waals surface area (Å²) in [4.78, 5) is 8.46. The van der Waals surface area contributed by atoms with E-state index < -0.39 is 0 Å². The molecule has 0 spiro atoms. The molecule has 20 heavy (non-hydrogen) atoms. The highest BCUT2D eigenvalue weighted by atomic mass is 16.5. The Morgan fingerprint density at radius 3 is 2.55 bits per heavy atom. The van der Waals surface area contributed by atoms with Crippen LogP contribution in [-0.4, -0.2) is 27.7 Å². The molecule has 0 saturated heterocycles. The lowest BCUT2D eigenvalue weighted by Gasteiger charge is -2.30. The standard InChI is InChI=1S/C15H22N4O/c1-5-17-12(15(2,3)4)10-13-18-14(19-20-13)11-6-8-16-9-7-11/h6-9,12,17H,5,10H2,1-4H3. The minimum atomic E-state index is 0.140. The number of hydrogen-bond donors (Lipinski definition) is 1. The lowest BCUT2D eigenvalue weighted by molar-refractivity contribution is 0.247. The first kappa shape index (κ1) is 14.7. The Bertz CT molecular complexity index is 530. The Hall–Kier alpha value is -1.75. The quantitative estimate of drug-likeness (QED) is 0.908. The van der Waals surface area contributed by atoms with Crippen molar-refractivity contribution < 1.29 is 4.52 Å². The van der Waals surface area contributed by atoms with Crippen molar-refractivity contribution in [1.82, 2.24) is 20.4 Å². The molecule has 0 aromatic carbocycles. The van der Waals surface area contributed by atoms with E-state index in [4.69, 9.17) is 4.52 Å². The number of nitrogens with zero attached hydrogens (tertiary/aromatic N) is 3. The van der Waals surface area contributed by atoms with E-state index in [1.54, 1.807) is 12.4 Å². The van der Waals surface area contributed by atoms with Gasteiger partial charge < -0.3 is 9.84 Å². The summed E-state index contributed by atoms with van der Waals surface area (Å²) in [6.07, 6.45) is 4.18. The number of rotatable bonds is 5. The molecule has 0 amide bonds. The second kappa shape index (κ2) is 6.13. The van der Waals surface area contributed by atoms with Crippen LogP contribution in [-0.2, 0) is 6.42 Å². The van der Waals surface area contributed by atoms with Gasteiger partial charge in [0.2, 0.25) is 11.7 Å². The fourth-order valence-corrected chi connectivity index (χ4v) is 2.06. The van der Waals surface area contributed by atoms with Crippen LogP contribution in [0, 0.1) is 5.41 Å². The molecule has 0 aliphatic heterocycles. The molecule has 2 rings (SSSR count). The van der Waals surface area contributed by atoms with Gasteiger partial charge in [-0.2, -0.15) is 4.98 Å². The highest BCUT2D eigenvalue weighted by molar-refractivity contribution is 5.52. The Morgan fingerprint density at radius 1 is 1.25 bits per heavy atom. The van der Waals surface area contributed by atoms with E-state index in [-0.39, 0.29) is 5.41 Å². The molecule has 0 radical (unpaired) electrons. The summed E-state index contributed by atoms with van der Waals surface area (Å²) in [6.45, 7) is 9.66. The molecule has 5 nitrogen and oxygen atoms in total. The predicted molar refractivity (Wildman–Crippen MR) is 78.2 cm³/mol. The number of nitrogens with one attached hydrogen (secondary N) is 1. The summed E-state index contributed by atoms with van der Waals surface area (Å²) in [5.74, 6) is 1.28. The van der Waals surface area contributed by atoms with E-state index >= 15 is 0 Å². The molecular formula is C15H22N4O. The third kappa shape index (κ3) is 3.63. The van der Waals surface area contributed by atoms with Crippen molar-refractivity contribution in [2.24, 2.45) is 5.41 Å². The minimum Gasteiger partial charge on any atom is -0.339 e. The van der Waals surface area contributed by atoms with Gasteiger partial charge in [0.1, 0.15) is 0 Å². The summed E-state index contributed by atoms with van der Waals surface area (Å²) in [5, 5.41) is 7.52. The average molecular weight is 274 g/mol. The second-order valence-electron chi connectivity index (χ2n) is 5.93. The van der Waals surface area contributed by atoms with E-state index in [2.05, 4.69) is 48.1 Å². The molecule has 108 valence electrons. The molecule has 0 saturated carbocycles. The first-order chi connectivity index (χ1) is 9.50. The Labute approximate surface area is 119 Å². The van der Waals surface area contributed by atoms with Gasteiger partial charge >= 0.3 is 0 Å². The number of hydrogen-bond acceptors (Lipinski definition) is 5. The van der Waals surface area contributed by atoms with Crippen molar-refractivity contribution in [3.63, 3.8) is 0 Å². The summed E-state index contributed by atoms with van der Waals surface area (Å²) in [7, 11) is 0. The molecule has 0 bridgehead atoms. The summed E-state index contributed by atoms with van der Waals surface area (Å²) >= 11 is 0. The smallest absolute Gasteiger partial charge is 0.228 e. The van der Waals surface area contributed by atoms with Gasteiger partial charge in [-0.05, 0) is 24.1 Å². The number of aromatic nitrogens is 3. The van der Waals surface area contributed by atoms with Crippen molar-refractivity contribution in [3.05, 3.63) is 30.4 Å². The van der Waals surface area contributed by atoms with E-state index in [1.165, 1.54) is 0 Å². The maximum atomic E-state index is 5.37. The van der Waals surface area contributed by atoms with E-state index in [0.717, 1.165) is 18.5 Å². The average Bonchev–Trinajstić information content (AvgIpc) is 2.87. The number of pyridine rings is 1. The maximum absolute atomic E-state index is 5.37. The minimum absolute atomic E-state index is 0.140. The highest BCUT2D eigenvalue weighted by Crippen LogP contribution is 2.23. The summed E-state index contributed by atoms with van der Waals surface area (Å²) in [5.41, 5.74) is 1.06. The van der Waals surface area contributed by atoms with Crippen LogP contribution in [0.5, 0.6) is 0 Å². The van der Waals surface area contributed by atoms with Gasteiger partial charge in [-0.1, -0.05) is 32.9 Å². The molecule has 2 aromatic rings. The molecule has 0 aliphatic carbocycles. The fourth-order valence-electron chi connectivity index (χ4n) is 2.06. The summed E-state index contributed by atoms with van der Waals surface area (Å²) < 4.78 is 5.37. The van der Waals surface area contributed by atoms with Gasteiger partial charge in [-0.15, -0.1) is 0 Å². The van der Waals surface area contributed by atoms with E-state index in [1.807, 2.05) is 12.1 Å². The molecule has 1 atom stereocenters. The van der Waals surface area contributed by atoms with Crippen LogP contribution < -0.4 is 5.32 Å². The molecule has 1 unspecified atom stereocenters. The predicted octanol–water partition coefficient (Wildman–Crippen LogP) is 2.70. The van der Waals surface area contributed by atoms with Crippen molar-refractivity contribution in [3.8, 4) is 11.4 Å². The van der Waals surface area contributed by atoms with Crippen molar-refractivity contribution in [2.45, 2.75) is 40.2 Å². The van der Waals surface area contributed by atoms with Crippen LogP contribution in [0.4, 0.5) is 0 Å². The molecular weight excluding hydrogens is 252 g/mol. The zero-order valence-electron chi connectivity index (χ0n) is 12.6. The SMILES string of the molecule is CCNC(Cc1nc(-c2ccncc2)no1)C(C)(C)C. The maximum Gasteiger partial charge on any atom is 0.228 e. The van der Waals surface area contributed by atoms with Crippen LogP contribution in [0.2, 0.25) is 0 Å². The zero-order chi connectivity index (χ0) is 14.6. The first-order valence-corrected chi connectivity index (χ1v) is 6.97. The largest absolute Gasteiger partial charge is 0.339 e. The Balaban J connectivity index is 2.13. The van der Waals surface area contributed by atoms with Crippen LogP contribution in [0.15, 0.2) is 29.0 Å². The van der Waals surface area contributed by atoms with E-state index in [0.29, 0.717) is 17.8 Å². The van der Waals surface area contributed by atoms with Crippen molar-refractivity contribution in [2.75, 3.05) is 6.54 Å². The van der Waals surface area contributed by atoms with Gasteiger partial charge in [0.25, 0.3) is 0 Å². The summed E-state index contributed by atoms with van der Waals surface area (Å²) in [6, 6.07) is 4.05. The lowest BCUT2D eigenvalue weighted by atomic mass is 9.84.